The van der Waals surface area contributed by atoms with E-state index in [0.717, 1.165) is 15.7 Å². The number of hydrogen-bond donors (Lipinski definition) is 1. The highest BCUT2D eigenvalue weighted by atomic mass is 16.4. The summed E-state index contributed by atoms with van der Waals surface area (Å²) in [5.74, 6) is -1.26. The predicted octanol–water partition coefficient (Wildman–Crippen LogP) is 1.54. The van der Waals surface area contributed by atoms with Crippen molar-refractivity contribution >= 4 is 17.1 Å². The zero-order valence-corrected chi connectivity index (χ0v) is 15.4. The molecule has 0 aliphatic heterocycles. The van der Waals surface area contributed by atoms with E-state index in [2.05, 4.69) is 4.98 Å². The molecule has 0 amide bonds. The summed E-state index contributed by atoms with van der Waals surface area (Å²) in [6.45, 7) is -0.152. The Hall–Kier alpha value is -3.94. The first kappa shape index (κ1) is 18.4. The normalized spacial score (nSPS) is 11.0. The van der Waals surface area contributed by atoms with Crippen LogP contribution >= 0.6 is 0 Å². The van der Waals surface area contributed by atoms with Crippen molar-refractivity contribution < 1.29 is 9.90 Å². The second-order valence-corrected chi connectivity index (χ2v) is 6.67. The van der Waals surface area contributed by atoms with Crippen molar-refractivity contribution in [1.82, 2.24) is 18.7 Å². The highest BCUT2D eigenvalue weighted by Crippen LogP contribution is 2.12. The van der Waals surface area contributed by atoms with Gasteiger partial charge in [-0.2, -0.15) is 0 Å². The summed E-state index contributed by atoms with van der Waals surface area (Å²) in [6.07, 6.45) is 1.51. The summed E-state index contributed by atoms with van der Waals surface area (Å²) in [5, 5.41) is 9.19. The van der Waals surface area contributed by atoms with Gasteiger partial charge in [-0.15, -0.1) is 0 Å². The van der Waals surface area contributed by atoms with Crippen LogP contribution in [0, 0.1) is 0 Å². The molecule has 8 heteroatoms. The van der Waals surface area contributed by atoms with Crippen LogP contribution in [0.4, 0.5) is 0 Å². The van der Waals surface area contributed by atoms with Gasteiger partial charge in [0.2, 0.25) is 0 Å². The summed E-state index contributed by atoms with van der Waals surface area (Å²) >= 11 is 0. The quantitative estimate of drug-likeness (QED) is 0.538. The average molecular weight is 390 g/mol. The molecule has 4 rings (SSSR count). The summed E-state index contributed by atoms with van der Waals surface area (Å²) in [4.78, 5) is 41.5. The van der Waals surface area contributed by atoms with Gasteiger partial charge in [-0.05, 0) is 11.1 Å². The van der Waals surface area contributed by atoms with Crippen LogP contribution in [0.5, 0.6) is 0 Å². The molecule has 1 N–H and O–H groups in total. The van der Waals surface area contributed by atoms with Gasteiger partial charge in [0, 0.05) is 6.54 Å². The van der Waals surface area contributed by atoms with Gasteiger partial charge < -0.3 is 9.67 Å². The molecule has 0 aliphatic carbocycles. The zero-order chi connectivity index (χ0) is 20.4. The number of rotatable bonds is 6. The van der Waals surface area contributed by atoms with Crippen LogP contribution < -0.4 is 11.2 Å². The van der Waals surface area contributed by atoms with Crippen LogP contribution in [0.2, 0.25) is 0 Å². The molecular weight excluding hydrogens is 372 g/mol. The summed E-state index contributed by atoms with van der Waals surface area (Å²) in [7, 11) is 0. The topological polar surface area (TPSA) is 99.1 Å². The largest absolute Gasteiger partial charge is 0.480 e. The van der Waals surface area contributed by atoms with Crippen LogP contribution in [0.15, 0.2) is 76.6 Å². The molecule has 0 saturated heterocycles. The average Bonchev–Trinajstić information content (AvgIpc) is 3.13. The van der Waals surface area contributed by atoms with E-state index >= 15 is 0 Å². The number of carboxylic acids is 1. The fourth-order valence-electron chi connectivity index (χ4n) is 3.32. The SMILES string of the molecule is O=C(O)Cn1c(=O)c2c(ncn2Cc2ccccc2)n(Cc2ccccc2)c1=O. The van der Waals surface area contributed by atoms with Crippen molar-refractivity contribution in [3.63, 3.8) is 0 Å². The van der Waals surface area contributed by atoms with Crippen molar-refractivity contribution in [2.24, 2.45) is 0 Å². The molecule has 0 unspecified atom stereocenters. The Bertz CT molecular complexity index is 1290. The predicted molar refractivity (Wildman–Crippen MR) is 107 cm³/mol. The molecule has 0 saturated carbocycles. The molecule has 8 nitrogen and oxygen atoms in total. The minimum Gasteiger partial charge on any atom is -0.480 e. The number of benzene rings is 2. The van der Waals surface area contributed by atoms with Crippen LogP contribution in [0.25, 0.3) is 11.2 Å². The van der Waals surface area contributed by atoms with Crippen LogP contribution in [0.1, 0.15) is 11.1 Å². The Morgan fingerprint density at radius 2 is 1.45 bits per heavy atom. The van der Waals surface area contributed by atoms with Crippen molar-refractivity contribution in [3.05, 3.63) is 99.0 Å². The Balaban J connectivity index is 1.93. The Labute approximate surface area is 164 Å². The summed E-state index contributed by atoms with van der Waals surface area (Å²) in [6, 6.07) is 18.8. The summed E-state index contributed by atoms with van der Waals surface area (Å²) < 4.78 is 3.74. The minimum absolute atomic E-state index is 0.179. The maximum Gasteiger partial charge on any atom is 0.333 e. The first-order valence-electron chi connectivity index (χ1n) is 9.02. The van der Waals surface area contributed by atoms with Crippen LogP contribution in [-0.4, -0.2) is 29.8 Å². The molecule has 2 heterocycles. The number of carbonyl (C=O) groups is 1. The molecule has 0 fully saturated rings. The highest BCUT2D eigenvalue weighted by molar-refractivity contribution is 5.72. The van der Waals surface area contributed by atoms with Gasteiger partial charge in [0.1, 0.15) is 6.54 Å². The van der Waals surface area contributed by atoms with E-state index in [1.165, 1.54) is 10.9 Å². The smallest absolute Gasteiger partial charge is 0.333 e. The third-order valence-corrected chi connectivity index (χ3v) is 4.66. The van der Waals surface area contributed by atoms with Crippen LogP contribution in [-0.2, 0) is 24.4 Å². The Kier molecular flexibility index (Phi) is 4.82. The molecule has 0 atom stereocenters. The lowest BCUT2D eigenvalue weighted by atomic mass is 10.2. The van der Waals surface area contributed by atoms with Crippen molar-refractivity contribution in [2.45, 2.75) is 19.6 Å². The van der Waals surface area contributed by atoms with Crippen LogP contribution in [0.3, 0.4) is 0 Å². The number of carboxylic acid groups (broad SMARTS) is 1. The molecule has 146 valence electrons. The molecular formula is C21H18N4O4. The second kappa shape index (κ2) is 7.59. The van der Waals surface area contributed by atoms with Gasteiger partial charge in [-0.1, -0.05) is 60.7 Å². The number of aliphatic carboxylic acids is 1. The monoisotopic (exact) mass is 390 g/mol. The maximum absolute atomic E-state index is 13.0. The number of fused-ring (bicyclic) bond motifs is 1. The van der Waals surface area contributed by atoms with E-state index < -0.39 is 23.8 Å². The number of hydrogen-bond acceptors (Lipinski definition) is 4. The van der Waals surface area contributed by atoms with Crippen molar-refractivity contribution in [1.29, 1.82) is 0 Å². The van der Waals surface area contributed by atoms with Gasteiger partial charge in [0.15, 0.2) is 11.2 Å². The van der Waals surface area contributed by atoms with E-state index in [-0.39, 0.29) is 17.7 Å². The second-order valence-electron chi connectivity index (χ2n) is 6.67. The fraction of sp³-hybridized carbons (Fsp3) is 0.143. The van der Waals surface area contributed by atoms with Gasteiger partial charge >= 0.3 is 11.7 Å². The Morgan fingerprint density at radius 1 is 0.862 bits per heavy atom. The third kappa shape index (κ3) is 3.60. The maximum atomic E-state index is 13.0. The highest BCUT2D eigenvalue weighted by Gasteiger charge is 2.19. The number of aromatic nitrogens is 4. The molecule has 4 aromatic rings. The molecule has 29 heavy (non-hydrogen) atoms. The molecule has 0 aliphatic rings. The molecule has 2 aromatic heterocycles. The molecule has 0 bridgehead atoms. The van der Waals surface area contributed by atoms with Gasteiger partial charge in [0.05, 0.1) is 12.9 Å². The first-order chi connectivity index (χ1) is 14.0. The summed E-state index contributed by atoms with van der Waals surface area (Å²) in [5.41, 5.74) is 0.877. The van der Waals surface area contributed by atoms with E-state index in [0.29, 0.717) is 6.54 Å². The lowest BCUT2D eigenvalue weighted by molar-refractivity contribution is -0.137. The number of nitrogens with zero attached hydrogens (tertiary/aromatic N) is 4. The fourth-order valence-corrected chi connectivity index (χ4v) is 3.32. The van der Waals surface area contributed by atoms with Gasteiger partial charge in [-0.25, -0.2) is 14.3 Å². The van der Waals surface area contributed by atoms with Gasteiger partial charge in [0.25, 0.3) is 5.56 Å². The minimum atomic E-state index is -1.26. The van der Waals surface area contributed by atoms with Crippen molar-refractivity contribution in [2.75, 3.05) is 0 Å². The van der Waals surface area contributed by atoms with E-state index in [1.54, 1.807) is 4.57 Å². The molecule has 0 radical (unpaired) electrons. The van der Waals surface area contributed by atoms with E-state index in [1.807, 2.05) is 60.7 Å². The molecule has 2 aromatic carbocycles. The van der Waals surface area contributed by atoms with E-state index in [9.17, 15) is 19.5 Å². The standard InChI is InChI=1S/C21H18N4O4/c26-17(27)13-25-20(28)18-19(22-14-23(18)11-15-7-3-1-4-8-15)24(21(25)29)12-16-9-5-2-6-10-16/h1-10,14H,11-13H2,(H,26,27). The molecule has 0 spiro atoms. The Morgan fingerprint density at radius 3 is 2.03 bits per heavy atom. The van der Waals surface area contributed by atoms with E-state index in [4.69, 9.17) is 0 Å². The zero-order valence-electron chi connectivity index (χ0n) is 15.4. The number of imidazole rings is 1. The van der Waals surface area contributed by atoms with Gasteiger partial charge in [-0.3, -0.25) is 14.2 Å². The lowest BCUT2D eigenvalue weighted by Gasteiger charge is -2.12. The van der Waals surface area contributed by atoms with Crippen molar-refractivity contribution in [3.8, 4) is 0 Å². The third-order valence-electron chi connectivity index (χ3n) is 4.66. The first-order valence-corrected chi connectivity index (χ1v) is 9.02. The lowest BCUT2D eigenvalue weighted by Crippen LogP contribution is -2.42.